The first kappa shape index (κ1) is 13.4. The zero-order valence-corrected chi connectivity index (χ0v) is 11.1. The molecule has 0 aliphatic rings. The van der Waals surface area contributed by atoms with Gasteiger partial charge in [0.1, 0.15) is 5.15 Å². The molecule has 0 radical (unpaired) electrons. The van der Waals surface area contributed by atoms with Crippen molar-refractivity contribution >= 4 is 23.4 Å². The molecule has 6 heteroatoms. The van der Waals surface area contributed by atoms with Crippen LogP contribution >= 0.6 is 23.4 Å². The fourth-order valence-electron chi connectivity index (χ4n) is 1.46. The van der Waals surface area contributed by atoms with Gasteiger partial charge in [-0.25, -0.2) is 4.79 Å². The molecule has 0 saturated carbocycles. The van der Waals surface area contributed by atoms with Gasteiger partial charge in [0, 0.05) is 12.1 Å². The molecule has 0 aliphatic heterocycles. The Kier molecular flexibility index (Phi) is 4.68. The maximum atomic E-state index is 11.8. The van der Waals surface area contributed by atoms with Crippen LogP contribution in [0.1, 0.15) is 12.5 Å². The number of aromatic nitrogens is 2. The van der Waals surface area contributed by atoms with E-state index in [1.54, 1.807) is 18.7 Å². The van der Waals surface area contributed by atoms with E-state index in [1.807, 2.05) is 13.2 Å². The predicted octanol–water partition coefficient (Wildman–Crippen LogP) is 1.50. The SMILES string of the molecule is CSCC(C)Cn1c(=O)[nH]c(Cl)c(C)c1=O. The number of thioether (sulfide) groups is 1. The summed E-state index contributed by atoms with van der Waals surface area (Å²) in [6, 6.07) is 0. The molecule has 0 saturated heterocycles. The lowest BCUT2D eigenvalue weighted by atomic mass is 10.2. The first-order chi connectivity index (χ1) is 7.47. The standard InChI is InChI=1S/C10H15ClN2O2S/c1-6(5-16-3)4-13-9(14)7(2)8(11)12-10(13)15/h6H,4-5H2,1-3H3,(H,12,15). The summed E-state index contributed by atoms with van der Waals surface area (Å²) in [7, 11) is 0. The van der Waals surface area contributed by atoms with Crippen LogP contribution < -0.4 is 11.2 Å². The number of H-pyrrole nitrogens is 1. The van der Waals surface area contributed by atoms with E-state index >= 15 is 0 Å². The first-order valence-corrected chi connectivity index (χ1v) is 6.72. The van der Waals surface area contributed by atoms with Gasteiger partial charge >= 0.3 is 5.69 Å². The molecular weight excluding hydrogens is 248 g/mol. The van der Waals surface area contributed by atoms with Crippen LogP contribution in [-0.4, -0.2) is 21.6 Å². The number of rotatable bonds is 4. The van der Waals surface area contributed by atoms with Crippen molar-refractivity contribution < 1.29 is 0 Å². The largest absolute Gasteiger partial charge is 0.329 e. The molecule has 1 aromatic rings. The molecule has 90 valence electrons. The maximum Gasteiger partial charge on any atom is 0.329 e. The fourth-order valence-corrected chi connectivity index (χ4v) is 2.29. The third-order valence-corrected chi connectivity index (χ3v) is 3.58. The molecule has 0 spiro atoms. The molecule has 0 amide bonds. The van der Waals surface area contributed by atoms with E-state index in [0.717, 1.165) is 5.75 Å². The summed E-state index contributed by atoms with van der Waals surface area (Å²) in [6.45, 7) is 4.04. The van der Waals surface area contributed by atoms with Crippen molar-refractivity contribution in [3.8, 4) is 0 Å². The Morgan fingerprint density at radius 2 is 2.12 bits per heavy atom. The summed E-state index contributed by atoms with van der Waals surface area (Å²) < 4.78 is 1.21. The summed E-state index contributed by atoms with van der Waals surface area (Å²) in [5.41, 5.74) is -0.354. The van der Waals surface area contributed by atoms with Gasteiger partial charge in [-0.05, 0) is 24.9 Å². The summed E-state index contributed by atoms with van der Waals surface area (Å²) in [6.07, 6.45) is 2.00. The molecule has 16 heavy (non-hydrogen) atoms. The van der Waals surface area contributed by atoms with Gasteiger partial charge in [0.25, 0.3) is 5.56 Å². The lowest BCUT2D eigenvalue weighted by molar-refractivity contribution is 0.497. The molecule has 4 nitrogen and oxygen atoms in total. The van der Waals surface area contributed by atoms with Crippen LogP contribution in [0.3, 0.4) is 0 Å². The van der Waals surface area contributed by atoms with Crippen molar-refractivity contribution in [2.45, 2.75) is 20.4 Å². The topological polar surface area (TPSA) is 54.9 Å². The van der Waals surface area contributed by atoms with Crippen molar-refractivity contribution in [2.24, 2.45) is 5.92 Å². The van der Waals surface area contributed by atoms with Gasteiger partial charge in [0.05, 0.1) is 0 Å². The van der Waals surface area contributed by atoms with E-state index in [1.165, 1.54) is 4.57 Å². The van der Waals surface area contributed by atoms with Crippen LogP contribution in [0.5, 0.6) is 0 Å². The molecular formula is C10H15ClN2O2S. The second kappa shape index (κ2) is 5.59. The normalized spacial score (nSPS) is 12.8. The van der Waals surface area contributed by atoms with E-state index in [2.05, 4.69) is 4.98 Å². The maximum absolute atomic E-state index is 11.8. The van der Waals surface area contributed by atoms with Crippen LogP contribution in [0, 0.1) is 12.8 Å². The zero-order valence-electron chi connectivity index (χ0n) is 9.54. The average molecular weight is 263 g/mol. The zero-order chi connectivity index (χ0) is 12.3. The van der Waals surface area contributed by atoms with Crippen LogP contribution in [0.2, 0.25) is 5.15 Å². The molecule has 0 fully saturated rings. The van der Waals surface area contributed by atoms with E-state index in [9.17, 15) is 9.59 Å². The third-order valence-electron chi connectivity index (χ3n) is 2.30. The quantitative estimate of drug-likeness (QED) is 0.837. The average Bonchev–Trinajstić information content (AvgIpc) is 2.22. The van der Waals surface area contributed by atoms with Crippen molar-refractivity contribution in [3.05, 3.63) is 31.6 Å². The molecule has 1 aromatic heterocycles. The van der Waals surface area contributed by atoms with Gasteiger partial charge in [0.15, 0.2) is 0 Å². The second-order valence-electron chi connectivity index (χ2n) is 3.85. The van der Waals surface area contributed by atoms with Crippen LogP contribution in [0.15, 0.2) is 9.59 Å². The van der Waals surface area contributed by atoms with Gasteiger partial charge in [-0.15, -0.1) is 0 Å². The first-order valence-electron chi connectivity index (χ1n) is 4.95. The van der Waals surface area contributed by atoms with Crippen LogP contribution in [0.4, 0.5) is 0 Å². The Balaban J connectivity index is 3.10. The Morgan fingerprint density at radius 3 is 2.69 bits per heavy atom. The number of nitrogens with one attached hydrogen (secondary N) is 1. The molecule has 1 rings (SSSR count). The number of hydrogen-bond donors (Lipinski definition) is 1. The van der Waals surface area contributed by atoms with Crippen molar-refractivity contribution in [1.29, 1.82) is 0 Å². The summed E-state index contributed by atoms with van der Waals surface area (Å²) in [4.78, 5) is 25.8. The van der Waals surface area contributed by atoms with E-state index in [-0.39, 0.29) is 16.6 Å². The highest BCUT2D eigenvalue weighted by atomic mass is 35.5. The Hall–Kier alpha value is -0.680. The second-order valence-corrected chi connectivity index (χ2v) is 5.13. The van der Waals surface area contributed by atoms with Crippen LogP contribution in [0.25, 0.3) is 0 Å². The van der Waals surface area contributed by atoms with Gasteiger partial charge < -0.3 is 0 Å². The molecule has 1 unspecified atom stereocenters. The predicted molar refractivity (Wildman–Crippen MR) is 68.6 cm³/mol. The minimum atomic E-state index is -0.437. The van der Waals surface area contributed by atoms with Crippen molar-refractivity contribution in [2.75, 3.05) is 12.0 Å². The fraction of sp³-hybridized carbons (Fsp3) is 0.600. The van der Waals surface area contributed by atoms with Gasteiger partial charge in [0.2, 0.25) is 0 Å². The molecule has 0 bridgehead atoms. The van der Waals surface area contributed by atoms with Crippen LogP contribution in [-0.2, 0) is 6.54 Å². The lowest BCUT2D eigenvalue weighted by Gasteiger charge is -2.11. The Labute approximate surface area is 103 Å². The highest BCUT2D eigenvalue weighted by Gasteiger charge is 2.11. The Morgan fingerprint density at radius 1 is 1.50 bits per heavy atom. The van der Waals surface area contributed by atoms with E-state index < -0.39 is 5.69 Å². The smallest absolute Gasteiger partial charge is 0.297 e. The third kappa shape index (κ3) is 2.92. The highest BCUT2D eigenvalue weighted by molar-refractivity contribution is 7.98. The van der Waals surface area contributed by atoms with Gasteiger partial charge in [-0.2, -0.15) is 11.8 Å². The minimum absolute atomic E-state index is 0.128. The molecule has 0 aliphatic carbocycles. The lowest BCUT2D eigenvalue weighted by Crippen LogP contribution is -2.38. The monoisotopic (exact) mass is 262 g/mol. The molecule has 0 aromatic carbocycles. The van der Waals surface area contributed by atoms with E-state index in [4.69, 9.17) is 11.6 Å². The minimum Gasteiger partial charge on any atom is -0.297 e. The highest BCUT2D eigenvalue weighted by Crippen LogP contribution is 2.07. The Bertz CT molecular complexity index is 481. The summed E-state index contributed by atoms with van der Waals surface area (Å²) in [5.74, 6) is 1.18. The van der Waals surface area contributed by atoms with Crippen molar-refractivity contribution in [3.63, 3.8) is 0 Å². The van der Waals surface area contributed by atoms with E-state index in [0.29, 0.717) is 12.1 Å². The van der Waals surface area contributed by atoms with Gasteiger partial charge in [-0.1, -0.05) is 18.5 Å². The number of halogens is 1. The summed E-state index contributed by atoms with van der Waals surface area (Å²) in [5, 5.41) is 0.128. The van der Waals surface area contributed by atoms with Gasteiger partial charge in [-0.3, -0.25) is 14.3 Å². The molecule has 1 heterocycles. The number of aromatic amines is 1. The number of hydrogen-bond acceptors (Lipinski definition) is 3. The number of nitrogens with zero attached hydrogens (tertiary/aromatic N) is 1. The molecule has 1 atom stereocenters. The van der Waals surface area contributed by atoms with Crippen molar-refractivity contribution in [1.82, 2.24) is 9.55 Å². The molecule has 1 N–H and O–H groups in total. The summed E-state index contributed by atoms with van der Waals surface area (Å²) >= 11 is 7.41.